The van der Waals surface area contributed by atoms with E-state index in [-0.39, 0.29) is 5.91 Å². The van der Waals surface area contributed by atoms with Crippen LogP contribution in [0, 0.1) is 6.92 Å². The predicted octanol–water partition coefficient (Wildman–Crippen LogP) is 2.66. The maximum atomic E-state index is 12.1. The molecule has 1 aromatic carbocycles. The zero-order valence-corrected chi connectivity index (χ0v) is 10.6. The summed E-state index contributed by atoms with van der Waals surface area (Å²) >= 11 is 0. The molecule has 1 heterocycles. The maximum Gasteiger partial charge on any atom is 0.253 e. The Morgan fingerprint density at radius 1 is 1.11 bits per heavy atom. The fraction of sp³-hybridized carbons (Fsp3) is 0.200. The standard InChI is InChI=1S/C15H16N2O/c1-12-7-6-10-14(16-12)11-17(2)15(18)13-8-4-3-5-9-13/h3-10H,11H2,1-2H3. The Labute approximate surface area is 107 Å². The predicted molar refractivity (Wildman–Crippen MR) is 71.2 cm³/mol. The normalized spacial score (nSPS) is 10.1. The van der Waals surface area contributed by atoms with Gasteiger partial charge in [-0.3, -0.25) is 9.78 Å². The van der Waals surface area contributed by atoms with Crippen LogP contribution in [-0.4, -0.2) is 22.8 Å². The van der Waals surface area contributed by atoms with E-state index < -0.39 is 0 Å². The maximum absolute atomic E-state index is 12.1. The fourth-order valence-electron chi connectivity index (χ4n) is 1.80. The van der Waals surface area contributed by atoms with E-state index in [9.17, 15) is 4.79 Å². The molecule has 0 aliphatic carbocycles. The van der Waals surface area contributed by atoms with Crippen LogP contribution < -0.4 is 0 Å². The van der Waals surface area contributed by atoms with Crippen LogP contribution in [0.1, 0.15) is 21.7 Å². The SMILES string of the molecule is Cc1cccc(CN(C)C(=O)c2ccccc2)n1. The van der Waals surface area contributed by atoms with Crippen molar-refractivity contribution in [1.82, 2.24) is 9.88 Å². The number of aromatic nitrogens is 1. The third-order valence-corrected chi connectivity index (χ3v) is 2.71. The van der Waals surface area contributed by atoms with Crippen LogP contribution in [0.4, 0.5) is 0 Å². The summed E-state index contributed by atoms with van der Waals surface area (Å²) in [6.07, 6.45) is 0. The lowest BCUT2D eigenvalue weighted by Crippen LogP contribution is -2.26. The van der Waals surface area contributed by atoms with Gasteiger partial charge in [-0.25, -0.2) is 0 Å². The highest BCUT2D eigenvalue weighted by Gasteiger charge is 2.11. The highest BCUT2D eigenvalue weighted by atomic mass is 16.2. The Kier molecular flexibility index (Phi) is 3.72. The number of benzene rings is 1. The van der Waals surface area contributed by atoms with Crippen LogP contribution >= 0.6 is 0 Å². The summed E-state index contributed by atoms with van der Waals surface area (Å²) in [5.74, 6) is 0.0129. The van der Waals surface area contributed by atoms with Gasteiger partial charge >= 0.3 is 0 Å². The smallest absolute Gasteiger partial charge is 0.253 e. The highest BCUT2D eigenvalue weighted by Crippen LogP contribution is 2.07. The van der Waals surface area contributed by atoms with Gasteiger partial charge in [0.2, 0.25) is 0 Å². The minimum Gasteiger partial charge on any atom is -0.336 e. The number of rotatable bonds is 3. The minimum atomic E-state index is 0.0129. The van der Waals surface area contributed by atoms with Crippen molar-refractivity contribution in [3.8, 4) is 0 Å². The molecule has 1 aromatic heterocycles. The zero-order valence-electron chi connectivity index (χ0n) is 10.6. The first-order chi connectivity index (χ1) is 8.66. The molecule has 0 aliphatic heterocycles. The van der Waals surface area contributed by atoms with E-state index in [0.717, 1.165) is 11.4 Å². The fourth-order valence-corrected chi connectivity index (χ4v) is 1.80. The quantitative estimate of drug-likeness (QED) is 0.826. The number of pyridine rings is 1. The molecular weight excluding hydrogens is 224 g/mol. The first kappa shape index (κ1) is 12.3. The molecule has 18 heavy (non-hydrogen) atoms. The molecule has 92 valence electrons. The van der Waals surface area contributed by atoms with Crippen molar-refractivity contribution in [2.24, 2.45) is 0 Å². The van der Waals surface area contributed by atoms with Gasteiger partial charge in [-0.2, -0.15) is 0 Å². The average molecular weight is 240 g/mol. The first-order valence-corrected chi connectivity index (χ1v) is 5.90. The molecule has 2 aromatic rings. The van der Waals surface area contributed by atoms with Crippen LogP contribution in [0.5, 0.6) is 0 Å². The van der Waals surface area contributed by atoms with Crippen molar-refractivity contribution in [1.29, 1.82) is 0 Å². The zero-order chi connectivity index (χ0) is 13.0. The van der Waals surface area contributed by atoms with Gasteiger partial charge in [0.15, 0.2) is 0 Å². The number of hydrogen-bond donors (Lipinski definition) is 0. The van der Waals surface area contributed by atoms with Gasteiger partial charge in [0.1, 0.15) is 0 Å². The number of amides is 1. The van der Waals surface area contributed by atoms with Crippen molar-refractivity contribution in [2.45, 2.75) is 13.5 Å². The second-order valence-electron chi connectivity index (χ2n) is 4.30. The lowest BCUT2D eigenvalue weighted by atomic mass is 10.2. The third kappa shape index (κ3) is 2.94. The van der Waals surface area contributed by atoms with Gasteiger partial charge in [-0.1, -0.05) is 24.3 Å². The largest absolute Gasteiger partial charge is 0.336 e. The molecule has 0 bridgehead atoms. The minimum absolute atomic E-state index is 0.0129. The van der Waals surface area contributed by atoms with E-state index in [4.69, 9.17) is 0 Å². The number of hydrogen-bond acceptors (Lipinski definition) is 2. The number of nitrogens with zero attached hydrogens (tertiary/aromatic N) is 2. The Bertz CT molecular complexity index is 537. The number of carbonyl (C=O) groups excluding carboxylic acids is 1. The molecule has 3 nitrogen and oxygen atoms in total. The van der Waals surface area contributed by atoms with E-state index >= 15 is 0 Å². The number of aryl methyl sites for hydroxylation is 1. The summed E-state index contributed by atoms with van der Waals surface area (Å²) in [4.78, 5) is 18.2. The summed E-state index contributed by atoms with van der Waals surface area (Å²) in [5, 5.41) is 0. The second-order valence-corrected chi connectivity index (χ2v) is 4.30. The van der Waals surface area contributed by atoms with Crippen molar-refractivity contribution in [2.75, 3.05) is 7.05 Å². The van der Waals surface area contributed by atoms with Gasteiger partial charge in [-0.05, 0) is 31.2 Å². The van der Waals surface area contributed by atoms with Crippen LogP contribution in [0.2, 0.25) is 0 Å². The first-order valence-electron chi connectivity index (χ1n) is 5.90. The average Bonchev–Trinajstić information content (AvgIpc) is 2.39. The molecule has 0 unspecified atom stereocenters. The summed E-state index contributed by atoms with van der Waals surface area (Å²) < 4.78 is 0. The van der Waals surface area contributed by atoms with Crippen LogP contribution in [-0.2, 0) is 6.54 Å². The topological polar surface area (TPSA) is 33.2 Å². The third-order valence-electron chi connectivity index (χ3n) is 2.71. The monoisotopic (exact) mass is 240 g/mol. The van der Waals surface area contributed by atoms with Crippen LogP contribution in [0.15, 0.2) is 48.5 Å². The number of carbonyl (C=O) groups is 1. The van der Waals surface area contributed by atoms with Crippen molar-refractivity contribution >= 4 is 5.91 Å². The van der Waals surface area contributed by atoms with Crippen molar-refractivity contribution in [3.63, 3.8) is 0 Å². The van der Waals surface area contributed by atoms with Crippen molar-refractivity contribution < 1.29 is 4.79 Å². The van der Waals surface area contributed by atoms with E-state index in [1.54, 1.807) is 11.9 Å². The Balaban J connectivity index is 2.09. The van der Waals surface area contributed by atoms with E-state index in [2.05, 4.69) is 4.98 Å². The van der Waals surface area contributed by atoms with Gasteiger partial charge in [0.05, 0.1) is 12.2 Å². The van der Waals surface area contributed by atoms with Gasteiger partial charge in [0.25, 0.3) is 5.91 Å². The molecule has 0 atom stereocenters. The summed E-state index contributed by atoms with van der Waals surface area (Å²) in [6.45, 7) is 2.47. The van der Waals surface area contributed by atoms with E-state index in [0.29, 0.717) is 12.1 Å². The highest BCUT2D eigenvalue weighted by molar-refractivity contribution is 5.93. The van der Waals surface area contributed by atoms with Crippen LogP contribution in [0.3, 0.4) is 0 Å². The van der Waals surface area contributed by atoms with Crippen molar-refractivity contribution in [3.05, 3.63) is 65.5 Å². The molecule has 1 amide bonds. The molecule has 0 aliphatic rings. The molecule has 0 spiro atoms. The summed E-state index contributed by atoms with van der Waals surface area (Å²) in [7, 11) is 1.79. The van der Waals surface area contributed by atoms with E-state index in [1.165, 1.54) is 0 Å². The lowest BCUT2D eigenvalue weighted by molar-refractivity contribution is 0.0783. The molecule has 2 rings (SSSR count). The molecule has 0 saturated carbocycles. The lowest BCUT2D eigenvalue weighted by Gasteiger charge is -2.16. The van der Waals surface area contributed by atoms with E-state index in [1.807, 2.05) is 55.5 Å². The summed E-state index contributed by atoms with van der Waals surface area (Å²) in [6, 6.07) is 15.1. The molecule has 0 radical (unpaired) electrons. The van der Waals surface area contributed by atoms with Gasteiger partial charge in [-0.15, -0.1) is 0 Å². The molecule has 0 saturated heterocycles. The Morgan fingerprint density at radius 3 is 2.50 bits per heavy atom. The van der Waals surface area contributed by atoms with Gasteiger partial charge < -0.3 is 4.90 Å². The Morgan fingerprint density at radius 2 is 1.83 bits per heavy atom. The second kappa shape index (κ2) is 5.45. The molecule has 0 fully saturated rings. The molecule has 3 heteroatoms. The summed E-state index contributed by atoms with van der Waals surface area (Å²) in [5.41, 5.74) is 2.57. The Hall–Kier alpha value is -2.16. The molecular formula is C15H16N2O. The van der Waals surface area contributed by atoms with Crippen LogP contribution in [0.25, 0.3) is 0 Å². The van der Waals surface area contributed by atoms with Gasteiger partial charge in [0, 0.05) is 18.3 Å². The molecule has 0 N–H and O–H groups in total.